The zero-order valence-electron chi connectivity index (χ0n) is 30.7. The molecule has 2 saturated heterocycles. The number of nitrogens with two attached hydrogens (primary N) is 3. The van der Waals surface area contributed by atoms with Crippen LogP contribution in [-0.2, 0) is 70.4 Å². The van der Waals surface area contributed by atoms with E-state index < -0.39 is 126 Å². The third kappa shape index (κ3) is 10.5. The zero-order valence-corrected chi connectivity index (χ0v) is 32.5. The summed E-state index contributed by atoms with van der Waals surface area (Å²) in [6.07, 6.45) is -7.73. The molecule has 0 spiro atoms. The topological polar surface area (TPSA) is 440 Å². The van der Waals surface area contributed by atoms with E-state index in [1.54, 1.807) is 0 Å². The average molecular weight is 897 g/mol. The summed E-state index contributed by atoms with van der Waals surface area (Å²) >= 11 is 0. The Labute approximate surface area is 335 Å². The SMILES string of the molecule is CC(=O)C(=O)OOC(=O)[C@H](N)CCC(=O)O[C@@]1(COP(=O)(O)OP(=O)(O)OC[C@H]2O[C@@H](N3C=CCC(C(N)=O)=C3)[C@H](O)[C@@H]2O)O[C@@H](n2cnc3c(N)ncnc32)[C@H](O)[C@@H]1O. The zero-order chi connectivity index (χ0) is 44.3. The minimum atomic E-state index is -5.86. The van der Waals surface area contributed by atoms with Gasteiger partial charge in [0.2, 0.25) is 11.7 Å². The number of anilines is 1. The molecule has 0 bridgehead atoms. The monoisotopic (exact) mass is 896 g/mol. The van der Waals surface area contributed by atoms with E-state index in [2.05, 4.69) is 29.0 Å². The van der Waals surface area contributed by atoms with E-state index in [1.165, 1.54) is 23.4 Å². The van der Waals surface area contributed by atoms with Gasteiger partial charge in [0.05, 0.1) is 12.9 Å². The number of esters is 1. The number of amides is 1. The van der Waals surface area contributed by atoms with E-state index in [1.807, 2.05) is 0 Å². The first-order valence-corrected chi connectivity index (χ1v) is 20.0. The lowest BCUT2D eigenvalue weighted by Crippen LogP contribution is -2.50. The molecular weight excluding hydrogens is 858 g/mol. The molecule has 2 unspecified atom stereocenters. The third-order valence-electron chi connectivity index (χ3n) is 8.69. The standard InChI is InChI=1S/C29H38N8O21P2/c1-12(38)27(45)56-57-28(46)14(30)4-5-16(39)54-29(21(43)20(42)26(55-29)37-11-35-17-22(31)33-10-34-24(17)37)9-52-60(49,50)58-59(47,48)51-8-15-18(40)19(41)25(53-15)36-6-2-3-13(7-36)23(32)44/h2,6-7,10-11,14-15,18-21,25-26,40-43H,3-5,8-9,30H2,1H3,(H2,32,44)(H,47,48)(H,49,50)(H2,31,33,34)/t14-,15-,18-,19-,20-,21+,25-,26-,29+/m1/s1. The summed E-state index contributed by atoms with van der Waals surface area (Å²) in [7, 11) is -11.5. The molecule has 11 atom stereocenters. The van der Waals surface area contributed by atoms with Crippen LogP contribution in [0.4, 0.5) is 5.82 Å². The van der Waals surface area contributed by atoms with Crippen molar-refractivity contribution in [2.24, 2.45) is 11.5 Å². The number of aliphatic hydroxyl groups is 4. The van der Waals surface area contributed by atoms with Crippen LogP contribution < -0.4 is 17.2 Å². The Balaban J connectivity index is 1.27. The lowest BCUT2D eigenvalue weighted by atomic mass is 10.1. The van der Waals surface area contributed by atoms with Crippen molar-refractivity contribution in [3.63, 3.8) is 0 Å². The lowest BCUT2D eigenvalue weighted by Gasteiger charge is -2.31. The molecule has 2 aromatic heterocycles. The van der Waals surface area contributed by atoms with Crippen LogP contribution in [0.25, 0.3) is 11.2 Å². The fraction of sp³-hybridized carbons (Fsp3) is 0.517. The van der Waals surface area contributed by atoms with Crippen LogP contribution in [0.2, 0.25) is 0 Å². The van der Waals surface area contributed by atoms with Crippen LogP contribution in [0.3, 0.4) is 0 Å². The Morgan fingerprint density at radius 2 is 1.70 bits per heavy atom. The summed E-state index contributed by atoms with van der Waals surface area (Å²) in [6.45, 7) is -1.78. The molecule has 12 N–H and O–H groups in total. The first-order chi connectivity index (χ1) is 28.0. The van der Waals surface area contributed by atoms with Gasteiger partial charge in [0.25, 0.3) is 5.79 Å². The summed E-state index contributed by atoms with van der Waals surface area (Å²) in [5.41, 5.74) is 16.8. The van der Waals surface area contributed by atoms with Crippen molar-refractivity contribution in [2.75, 3.05) is 18.9 Å². The number of hydrogen-bond acceptors (Lipinski definition) is 25. The summed E-state index contributed by atoms with van der Waals surface area (Å²) < 4.78 is 57.2. The van der Waals surface area contributed by atoms with Crippen LogP contribution >= 0.6 is 15.6 Å². The highest BCUT2D eigenvalue weighted by Gasteiger charge is 2.60. The number of fused-ring (bicyclic) bond motifs is 1. The van der Waals surface area contributed by atoms with Gasteiger partial charge in [-0.1, -0.05) is 6.08 Å². The number of ketones is 1. The molecule has 3 aliphatic rings. The van der Waals surface area contributed by atoms with Gasteiger partial charge in [0, 0.05) is 31.3 Å². The first kappa shape index (κ1) is 46.2. The number of ether oxygens (including phenoxy) is 3. The summed E-state index contributed by atoms with van der Waals surface area (Å²) in [4.78, 5) is 101. The van der Waals surface area contributed by atoms with Gasteiger partial charge in [-0.25, -0.2) is 43.4 Å². The van der Waals surface area contributed by atoms with Gasteiger partial charge in [-0.2, -0.15) is 4.31 Å². The molecule has 60 heavy (non-hydrogen) atoms. The molecule has 31 heteroatoms. The Morgan fingerprint density at radius 1 is 1.00 bits per heavy atom. The van der Waals surface area contributed by atoms with Gasteiger partial charge < -0.3 is 66.5 Å². The van der Waals surface area contributed by atoms with E-state index >= 15 is 0 Å². The van der Waals surface area contributed by atoms with E-state index in [9.17, 15) is 63.3 Å². The van der Waals surface area contributed by atoms with Gasteiger partial charge in [-0.15, -0.1) is 0 Å². The van der Waals surface area contributed by atoms with E-state index in [0.717, 1.165) is 24.1 Å². The highest BCUT2D eigenvalue weighted by molar-refractivity contribution is 7.61. The molecule has 29 nitrogen and oxygen atoms in total. The Hall–Kier alpha value is -4.84. The number of Topliss-reactive ketones (excluding diaryl/α,β-unsaturated/α-hetero) is 1. The second kappa shape index (κ2) is 18.4. The van der Waals surface area contributed by atoms with Crippen LogP contribution in [0.15, 0.2) is 36.7 Å². The van der Waals surface area contributed by atoms with Crippen LogP contribution in [0.1, 0.15) is 32.4 Å². The Morgan fingerprint density at radius 3 is 2.38 bits per heavy atom. The predicted octanol–water partition coefficient (Wildman–Crippen LogP) is -4.12. The van der Waals surface area contributed by atoms with Crippen molar-refractivity contribution in [3.05, 3.63) is 36.7 Å². The molecule has 0 aromatic carbocycles. The lowest BCUT2D eigenvalue weighted by molar-refractivity contribution is -0.267. The van der Waals surface area contributed by atoms with Crippen molar-refractivity contribution in [1.82, 2.24) is 24.4 Å². The minimum absolute atomic E-state index is 0.00621. The number of phosphoric acid groups is 2. The minimum Gasteiger partial charge on any atom is -0.427 e. The number of aromatic nitrogens is 4. The van der Waals surface area contributed by atoms with Crippen LogP contribution in [-0.4, -0.2) is 146 Å². The van der Waals surface area contributed by atoms with Crippen molar-refractivity contribution in [1.29, 1.82) is 0 Å². The molecule has 5 heterocycles. The quantitative estimate of drug-likeness (QED) is 0.0239. The third-order valence-corrected chi connectivity index (χ3v) is 11.3. The molecule has 2 fully saturated rings. The number of carbonyl (C=O) groups is 5. The normalized spacial score (nSPS) is 29.0. The van der Waals surface area contributed by atoms with Gasteiger partial charge in [0.1, 0.15) is 48.9 Å². The molecule has 1 amide bonds. The van der Waals surface area contributed by atoms with Gasteiger partial charge in [0.15, 0.2) is 30.0 Å². The maximum absolute atomic E-state index is 13.1. The second-order valence-electron chi connectivity index (χ2n) is 13.0. The number of aliphatic hydroxyl groups excluding tert-OH is 4. The maximum atomic E-state index is 13.1. The highest BCUT2D eigenvalue weighted by Crippen LogP contribution is 2.61. The fourth-order valence-corrected chi connectivity index (χ4v) is 7.73. The Kier molecular flexibility index (Phi) is 14.2. The Bertz CT molecular complexity index is 2150. The molecule has 330 valence electrons. The molecular formula is C29H38N8O21P2. The van der Waals surface area contributed by atoms with Crippen molar-refractivity contribution in [2.45, 2.75) is 81.0 Å². The first-order valence-electron chi connectivity index (χ1n) is 17.0. The van der Waals surface area contributed by atoms with Crippen molar-refractivity contribution in [3.8, 4) is 0 Å². The van der Waals surface area contributed by atoms with Gasteiger partial charge in [-0.05, 0) is 12.8 Å². The van der Waals surface area contributed by atoms with E-state index in [0.29, 0.717) is 0 Å². The van der Waals surface area contributed by atoms with Crippen molar-refractivity contribution >= 4 is 62.2 Å². The van der Waals surface area contributed by atoms with Crippen LogP contribution in [0.5, 0.6) is 0 Å². The van der Waals surface area contributed by atoms with Crippen LogP contribution in [0, 0.1) is 0 Å². The number of carbonyl (C=O) groups excluding carboxylic acids is 5. The van der Waals surface area contributed by atoms with Crippen molar-refractivity contribution < 1.29 is 101 Å². The molecule has 3 aliphatic heterocycles. The molecule has 0 aliphatic carbocycles. The highest BCUT2D eigenvalue weighted by atomic mass is 31.3. The number of imidazole rings is 1. The summed E-state index contributed by atoms with van der Waals surface area (Å²) in [5, 5.41) is 43.3. The number of nitrogens with zero attached hydrogens (tertiary/aromatic N) is 5. The maximum Gasteiger partial charge on any atom is 0.481 e. The molecule has 5 rings (SSSR count). The number of phosphoric ester groups is 2. The second-order valence-corrected chi connectivity index (χ2v) is 16.0. The molecule has 0 radical (unpaired) electrons. The summed E-state index contributed by atoms with van der Waals surface area (Å²) in [6, 6.07) is -1.69. The number of rotatable bonds is 17. The van der Waals surface area contributed by atoms with E-state index in [4.69, 9.17) is 40.5 Å². The largest absolute Gasteiger partial charge is 0.481 e. The summed E-state index contributed by atoms with van der Waals surface area (Å²) in [5.74, 6) is -9.33. The molecule has 0 saturated carbocycles. The predicted molar refractivity (Wildman–Crippen MR) is 187 cm³/mol. The van der Waals surface area contributed by atoms with Gasteiger partial charge >= 0.3 is 33.6 Å². The van der Waals surface area contributed by atoms with Gasteiger partial charge in [-0.3, -0.25) is 28.0 Å². The number of allylic oxidation sites excluding steroid dienone is 1. The van der Waals surface area contributed by atoms with E-state index in [-0.39, 0.29) is 29.0 Å². The number of nitrogen functional groups attached to an aromatic ring is 1. The average Bonchev–Trinajstić information content (AvgIpc) is 3.82. The fourth-order valence-electron chi connectivity index (χ4n) is 5.63. The number of hydrogen-bond donors (Lipinski definition) is 9. The number of primary amides is 1. The molecule has 2 aromatic rings. The smallest absolute Gasteiger partial charge is 0.427 e.